The second kappa shape index (κ2) is 17.4. The maximum Gasteiger partial charge on any atom is 0.143 e. The van der Waals surface area contributed by atoms with Crippen molar-refractivity contribution in [1.82, 2.24) is 4.57 Å². The second-order valence-electron chi connectivity index (χ2n) is 19.6. The molecule has 0 spiro atoms. The highest BCUT2D eigenvalue weighted by molar-refractivity contribution is 6.16. The highest BCUT2D eigenvalue weighted by Gasteiger charge is 2.20. The lowest BCUT2D eigenvalue weighted by Crippen LogP contribution is -2.11. The Morgan fingerprint density at radius 2 is 0.787 bits per heavy atom. The number of benzene rings is 13. The average Bonchev–Trinajstić information content (AvgIpc) is 4.05. The van der Waals surface area contributed by atoms with Gasteiger partial charge < -0.3 is 13.9 Å². The van der Waals surface area contributed by atoms with E-state index in [1.54, 1.807) is 0 Å². The number of para-hydroxylation sites is 2. The quantitative estimate of drug-likeness (QED) is 0.142. The van der Waals surface area contributed by atoms with Gasteiger partial charge in [-0.3, -0.25) is 0 Å². The second-order valence-corrected chi connectivity index (χ2v) is 19.6. The van der Waals surface area contributed by atoms with E-state index in [0.717, 1.165) is 89.0 Å². The number of hydrogen-bond acceptors (Lipinski definition) is 2. The molecule has 15 aromatic rings. The lowest BCUT2D eigenvalue weighted by atomic mass is 9.94. The minimum Gasteiger partial charge on any atom is -0.455 e. The van der Waals surface area contributed by atoms with E-state index in [4.69, 9.17) is 4.42 Å². The fourth-order valence-electron chi connectivity index (χ4n) is 11.7. The Morgan fingerprint density at radius 3 is 1.52 bits per heavy atom. The van der Waals surface area contributed by atoms with Crippen LogP contribution >= 0.6 is 0 Å². The molecule has 0 amide bonds. The molecule has 75 heavy (non-hydrogen) atoms. The monoisotopic (exact) mass is 954 g/mol. The summed E-state index contributed by atoms with van der Waals surface area (Å²) >= 11 is 0. The van der Waals surface area contributed by atoms with Crippen LogP contribution in [0.25, 0.3) is 126 Å². The van der Waals surface area contributed by atoms with E-state index in [9.17, 15) is 0 Å². The van der Waals surface area contributed by atoms with Crippen LogP contribution in [0.3, 0.4) is 0 Å². The summed E-state index contributed by atoms with van der Waals surface area (Å²) < 4.78 is 8.89. The van der Waals surface area contributed by atoms with Crippen molar-refractivity contribution >= 4 is 93.1 Å². The number of fused-ring (bicyclic) bond motifs is 11. The molecule has 0 aliphatic heterocycles. The molecule has 2 aromatic heterocycles. The summed E-state index contributed by atoms with van der Waals surface area (Å²) in [4.78, 5) is 2.42. The Morgan fingerprint density at radius 1 is 0.280 bits per heavy atom. The van der Waals surface area contributed by atoms with Crippen LogP contribution in [-0.4, -0.2) is 4.57 Å². The first-order valence-corrected chi connectivity index (χ1v) is 25.7. The van der Waals surface area contributed by atoms with Crippen molar-refractivity contribution < 1.29 is 4.42 Å². The van der Waals surface area contributed by atoms with E-state index in [1.807, 2.05) is 0 Å². The number of aromatic nitrogens is 1. The Bertz CT molecular complexity index is 4640. The zero-order chi connectivity index (χ0) is 49.4. The van der Waals surface area contributed by atoms with Gasteiger partial charge in [0.15, 0.2) is 0 Å². The molecule has 0 saturated heterocycles. The van der Waals surface area contributed by atoms with Crippen molar-refractivity contribution in [3.05, 3.63) is 279 Å². The number of rotatable bonds is 8. The summed E-state index contributed by atoms with van der Waals surface area (Å²) in [5.41, 5.74) is 17.8. The molecule has 0 radical (unpaired) electrons. The van der Waals surface area contributed by atoms with E-state index in [-0.39, 0.29) is 0 Å². The molecule has 350 valence electrons. The zero-order valence-corrected chi connectivity index (χ0v) is 40.9. The molecule has 15 rings (SSSR count). The maximum absolute atomic E-state index is 6.51. The van der Waals surface area contributed by atoms with E-state index in [1.165, 1.54) is 54.3 Å². The predicted octanol–water partition coefficient (Wildman–Crippen LogP) is 20.3. The largest absolute Gasteiger partial charge is 0.455 e. The van der Waals surface area contributed by atoms with Gasteiger partial charge in [-0.15, -0.1) is 0 Å². The molecule has 3 heteroatoms. The van der Waals surface area contributed by atoms with E-state index in [0.29, 0.717) is 0 Å². The van der Waals surface area contributed by atoms with Gasteiger partial charge in [-0.05, 0) is 151 Å². The summed E-state index contributed by atoms with van der Waals surface area (Å²) in [5.74, 6) is 0. The summed E-state index contributed by atoms with van der Waals surface area (Å²) in [6.45, 7) is 0. The lowest BCUT2D eigenvalue weighted by molar-refractivity contribution is 0.672. The molecule has 0 unspecified atom stereocenters. The molecule has 0 aliphatic carbocycles. The summed E-state index contributed by atoms with van der Waals surface area (Å²) in [6.07, 6.45) is 0. The van der Waals surface area contributed by atoms with Gasteiger partial charge in [0.25, 0.3) is 0 Å². The Balaban J connectivity index is 0.854. The third kappa shape index (κ3) is 7.20. The topological polar surface area (TPSA) is 21.3 Å². The zero-order valence-electron chi connectivity index (χ0n) is 40.9. The molecule has 0 bridgehead atoms. The molecule has 2 heterocycles. The molecular formula is C72H46N2O. The highest BCUT2D eigenvalue weighted by Crippen LogP contribution is 2.45. The highest BCUT2D eigenvalue weighted by atomic mass is 16.3. The molecule has 0 atom stereocenters. The average molecular weight is 955 g/mol. The van der Waals surface area contributed by atoms with E-state index in [2.05, 4.69) is 289 Å². The third-order valence-corrected chi connectivity index (χ3v) is 15.4. The first-order chi connectivity index (χ1) is 37.2. The van der Waals surface area contributed by atoms with Crippen LogP contribution in [0.1, 0.15) is 0 Å². The van der Waals surface area contributed by atoms with Gasteiger partial charge in [-0.25, -0.2) is 0 Å². The number of furan rings is 1. The molecule has 0 saturated carbocycles. The van der Waals surface area contributed by atoms with Crippen LogP contribution in [0.2, 0.25) is 0 Å². The van der Waals surface area contributed by atoms with Crippen LogP contribution in [0, 0.1) is 0 Å². The van der Waals surface area contributed by atoms with Crippen molar-refractivity contribution in [3.8, 4) is 50.2 Å². The van der Waals surface area contributed by atoms with Gasteiger partial charge in [0.1, 0.15) is 11.2 Å². The Hall–Kier alpha value is -9.96. The van der Waals surface area contributed by atoms with Crippen LogP contribution in [0.5, 0.6) is 0 Å². The Kier molecular flexibility index (Phi) is 9.89. The molecule has 0 aliphatic rings. The normalized spacial score (nSPS) is 11.7. The summed E-state index contributed by atoms with van der Waals surface area (Å²) in [5, 5.41) is 12.1. The fraction of sp³-hybridized carbons (Fsp3) is 0. The number of anilines is 3. The lowest BCUT2D eigenvalue weighted by Gasteiger charge is -2.29. The molecule has 0 fully saturated rings. The maximum atomic E-state index is 6.51. The van der Waals surface area contributed by atoms with Gasteiger partial charge >= 0.3 is 0 Å². The molecule has 3 nitrogen and oxygen atoms in total. The summed E-state index contributed by atoms with van der Waals surface area (Å²) in [6, 6.07) is 102. The Labute approximate surface area is 434 Å². The van der Waals surface area contributed by atoms with Crippen LogP contribution in [0.15, 0.2) is 283 Å². The van der Waals surface area contributed by atoms with Crippen LogP contribution in [0.4, 0.5) is 17.1 Å². The van der Waals surface area contributed by atoms with Crippen molar-refractivity contribution in [2.75, 3.05) is 4.90 Å². The van der Waals surface area contributed by atoms with Gasteiger partial charge in [-0.2, -0.15) is 0 Å². The number of nitrogens with zero attached hydrogens (tertiary/aromatic N) is 2. The minimum absolute atomic E-state index is 0.892. The molecular weight excluding hydrogens is 909 g/mol. The van der Waals surface area contributed by atoms with E-state index >= 15 is 0 Å². The standard InChI is InChI=1S/C72H46N2O/c1-2-13-49(14-3-1)66-45-55(53-32-39-61-56(43-53)26-25-50-15-4-6-19-60(50)61)33-41-70(66)73(58-37-29-48(30-38-58)54-34-42-71-67(46-54)65-40-31-51-16-5-7-20-62(51)72(65)75-71)57-35-27-47(28-36-57)52-17-12-18-59(44-52)74-68-23-10-8-21-63(68)64-22-9-11-24-69(64)74/h1-46H. The van der Waals surface area contributed by atoms with Crippen molar-refractivity contribution in [2.24, 2.45) is 0 Å². The molecule has 13 aromatic carbocycles. The van der Waals surface area contributed by atoms with Gasteiger partial charge in [-0.1, -0.05) is 194 Å². The smallest absolute Gasteiger partial charge is 0.143 e. The van der Waals surface area contributed by atoms with E-state index < -0.39 is 0 Å². The van der Waals surface area contributed by atoms with Gasteiger partial charge in [0.05, 0.1) is 16.7 Å². The van der Waals surface area contributed by atoms with Crippen molar-refractivity contribution in [2.45, 2.75) is 0 Å². The van der Waals surface area contributed by atoms with Gasteiger partial charge in [0.2, 0.25) is 0 Å². The fourth-order valence-corrected chi connectivity index (χ4v) is 11.7. The molecule has 0 N–H and O–H groups in total. The summed E-state index contributed by atoms with van der Waals surface area (Å²) in [7, 11) is 0. The first-order valence-electron chi connectivity index (χ1n) is 25.7. The van der Waals surface area contributed by atoms with Gasteiger partial charge in [0, 0.05) is 49.6 Å². The number of hydrogen-bond donors (Lipinski definition) is 0. The minimum atomic E-state index is 0.892. The first kappa shape index (κ1) is 42.7. The SMILES string of the molecule is c1ccc(-c2cc(-c3ccc4c(ccc5ccccc54)c3)ccc2N(c2ccc(-c3cccc(-n4c5ccccc5c5ccccc54)c3)cc2)c2ccc(-c3ccc4oc5c6ccccc6ccc5c4c3)cc2)cc1. The third-order valence-electron chi connectivity index (χ3n) is 15.4. The van der Waals surface area contributed by atoms with Crippen LogP contribution < -0.4 is 4.90 Å². The van der Waals surface area contributed by atoms with Crippen LogP contribution in [-0.2, 0) is 0 Å². The predicted molar refractivity (Wildman–Crippen MR) is 317 cm³/mol. The van der Waals surface area contributed by atoms with Crippen molar-refractivity contribution in [3.63, 3.8) is 0 Å². The van der Waals surface area contributed by atoms with Crippen molar-refractivity contribution in [1.29, 1.82) is 0 Å².